The van der Waals surface area contributed by atoms with Gasteiger partial charge in [0.25, 0.3) is 5.92 Å². The summed E-state index contributed by atoms with van der Waals surface area (Å²) in [5.74, 6) is -3.27. The Hall–Kier alpha value is -1.11. The van der Waals surface area contributed by atoms with Crippen LogP contribution in [0.5, 0.6) is 0 Å². The van der Waals surface area contributed by atoms with Crippen molar-refractivity contribution in [2.45, 2.75) is 64.0 Å². The summed E-state index contributed by atoms with van der Waals surface area (Å²) in [6.45, 7) is 4.76. The summed E-state index contributed by atoms with van der Waals surface area (Å²) in [6, 6.07) is 4.09. The van der Waals surface area contributed by atoms with Crippen molar-refractivity contribution in [1.29, 1.82) is 0 Å². The van der Waals surface area contributed by atoms with E-state index in [1.807, 2.05) is 0 Å². The second kappa shape index (κ2) is 6.79. The highest BCUT2D eigenvalue weighted by Crippen LogP contribution is 2.37. The van der Waals surface area contributed by atoms with Crippen LogP contribution in [0.4, 0.5) is 13.2 Å². The van der Waals surface area contributed by atoms with Crippen LogP contribution in [0.2, 0.25) is 0 Å². The molecule has 130 valence electrons. The van der Waals surface area contributed by atoms with Crippen molar-refractivity contribution in [1.82, 2.24) is 0 Å². The zero-order valence-electron chi connectivity index (χ0n) is 13.6. The molecule has 6 heteroatoms. The van der Waals surface area contributed by atoms with E-state index >= 15 is 0 Å². The number of alkyl halides is 2. The zero-order valence-corrected chi connectivity index (χ0v) is 13.6. The normalized spacial score (nSPS) is 22.8. The zero-order chi connectivity index (χ0) is 17.3. The molecule has 1 heterocycles. The van der Waals surface area contributed by atoms with Gasteiger partial charge in [-0.15, -0.1) is 0 Å². The largest absolute Gasteiger partial charge is 0.368 e. The summed E-state index contributed by atoms with van der Waals surface area (Å²) in [5, 5.41) is 10.0. The molecule has 1 fully saturated rings. The fourth-order valence-corrected chi connectivity index (χ4v) is 2.67. The minimum Gasteiger partial charge on any atom is -0.368 e. The van der Waals surface area contributed by atoms with E-state index in [0.717, 1.165) is 0 Å². The smallest absolute Gasteiger partial charge is 0.271 e. The first-order chi connectivity index (χ1) is 10.6. The molecule has 0 radical (unpaired) electrons. The van der Waals surface area contributed by atoms with E-state index in [1.165, 1.54) is 18.2 Å². The Bertz CT molecular complexity index is 530. The van der Waals surface area contributed by atoms with E-state index in [9.17, 15) is 18.3 Å². The topological polar surface area (TPSA) is 38.7 Å². The van der Waals surface area contributed by atoms with Crippen LogP contribution >= 0.6 is 0 Å². The number of aliphatic hydroxyl groups is 1. The Morgan fingerprint density at radius 3 is 2.65 bits per heavy atom. The molecule has 3 nitrogen and oxygen atoms in total. The lowest BCUT2D eigenvalue weighted by molar-refractivity contribution is -0.164. The number of aliphatic hydroxyl groups excluding tert-OH is 1. The van der Waals surface area contributed by atoms with Gasteiger partial charge >= 0.3 is 0 Å². The quantitative estimate of drug-likeness (QED) is 0.848. The minimum absolute atomic E-state index is 0.0701. The minimum atomic E-state index is -2.81. The maximum atomic E-state index is 13.5. The van der Waals surface area contributed by atoms with Gasteiger partial charge in [0.05, 0.1) is 11.7 Å². The Labute approximate surface area is 134 Å². The average Bonchev–Trinajstić information content (AvgIpc) is 2.37. The molecule has 0 spiro atoms. The molecule has 2 rings (SSSR count). The van der Waals surface area contributed by atoms with Gasteiger partial charge in [0.2, 0.25) is 0 Å². The van der Waals surface area contributed by atoms with Crippen molar-refractivity contribution < 1.29 is 27.8 Å². The van der Waals surface area contributed by atoms with Crippen LogP contribution in [0.25, 0.3) is 0 Å². The first-order valence-electron chi connectivity index (χ1n) is 7.69. The molecule has 0 bridgehead atoms. The van der Waals surface area contributed by atoms with Gasteiger partial charge in [0.1, 0.15) is 12.4 Å². The van der Waals surface area contributed by atoms with Crippen LogP contribution in [0, 0.1) is 5.82 Å². The fraction of sp³-hybridized carbons (Fsp3) is 0.647. The second-order valence-corrected chi connectivity index (χ2v) is 6.93. The number of hydrogen-bond donors (Lipinski definition) is 1. The first kappa shape index (κ1) is 18.2. The maximum absolute atomic E-state index is 13.5. The third-order valence-corrected chi connectivity index (χ3v) is 3.60. The molecule has 23 heavy (non-hydrogen) atoms. The summed E-state index contributed by atoms with van der Waals surface area (Å²) in [7, 11) is 0. The number of hydrogen-bond acceptors (Lipinski definition) is 3. The molecule has 2 unspecified atom stereocenters. The van der Waals surface area contributed by atoms with Gasteiger partial charge in [0.15, 0.2) is 6.29 Å². The molecule has 0 saturated carbocycles. The lowest BCUT2D eigenvalue weighted by Gasteiger charge is -2.31. The third-order valence-electron chi connectivity index (χ3n) is 3.60. The van der Waals surface area contributed by atoms with Gasteiger partial charge in [-0.25, -0.2) is 13.2 Å². The molecule has 0 aliphatic carbocycles. The van der Waals surface area contributed by atoms with Crippen molar-refractivity contribution in [3.05, 3.63) is 35.1 Å². The molecule has 1 aromatic carbocycles. The molecule has 1 saturated heterocycles. The Kier molecular flexibility index (Phi) is 5.38. The molecule has 1 aliphatic rings. The summed E-state index contributed by atoms with van der Waals surface area (Å²) < 4.78 is 50.6. The summed E-state index contributed by atoms with van der Waals surface area (Å²) >= 11 is 0. The SMILES string of the molecule is CC(C)(C)OC(O)Cc1cc(F)ccc1C1CCC(F)(F)CO1. The standard InChI is InChI=1S/C17H23F3O3/c1-16(2,3)23-15(21)9-11-8-12(18)4-5-13(11)14-6-7-17(19,20)10-22-14/h4-5,8,14-15,21H,6-7,9-10H2,1-3H3. The van der Waals surface area contributed by atoms with Crippen molar-refractivity contribution in [3.63, 3.8) is 0 Å². The summed E-state index contributed by atoms with van der Waals surface area (Å²) in [6.07, 6.45) is -1.68. The molecule has 2 atom stereocenters. The summed E-state index contributed by atoms with van der Waals surface area (Å²) in [5.41, 5.74) is 0.589. The molecule has 0 amide bonds. The van der Waals surface area contributed by atoms with Gasteiger partial charge in [-0.05, 0) is 50.5 Å². The van der Waals surface area contributed by atoms with Crippen molar-refractivity contribution in [2.24, 2.45) is 0 Å². The van der Waals surface area contributed by atoms with Gasteiger partial charge in [0, 0.05) is 12.8 Å². The van der Waals surface area contributed by atoms with Crippen LogP contribution < -0.4 is 0 Å². The third kappa shape index (κ3) is 5.48. The van der Waals surface area contributed by atoms with E-state index in [0.29, 0.717) is 11.1 Å². The predicted molar refractivity (Wildman–Crippen MR) is 79.8 cm³/mol. The molecule has 1 aliphatic heterocycles. The Balaban J connectivity index is 2.14. The van der Waals surface area contributed by atoms with Crippen LogP contribution in [0.3, 0.4) is 0 Å². The summed E-state index contributed by atoms with van der Waals surface area (Å²) in [4.78, 5) is 0. The second-order valence-electron chi connectivity index (χ2n) is 6.93. The van der Waals surface area contributed by atoms with E-state index in [2.05, 4.69) is 0 Å². The van der Waals surface area contributed by atoms with Crippen molar-refractivity contribution in [3.8, 4) is 0 Å². The number of benzene rings is 1. The average molecular weight is 332 g/mol. The van der Waals surface area contributed by atoms with Crippen molar-refractivity contribution >= 4 is 0 Å². The Morgan fingerprint density at radius 2 is 2.09 bits per heavy atom. The lowest BCUT2D eigenvalue weighted by atomic mass is 9.94. The van der Waals surface area contributed by atoms with Crippen LogP contribution in [0.15, 0.2) is 18.2 Å². The molecule has 1 N–H and O–H groups in total. The van der Waals surface area contributed by atoms with Gasteiger partial charge in [-0.2, -0.15) is 0 Å². The molecule has 1 aromatic rings. The van der Waals surface area contributed by atoms with E-state index in [1.54, 1.807) is 20.8 Å². The molecule has 0 aromatic heterocycles. The van der Waals surface area contributed by atoms with E-state index in [4.69, 9.17) is 9.47 Å². The Morgan fingerprint density at radius 1 is 1.39 bits per heavy atom. The van der Waals surface area contributed by atoms with E-state index < -0.39 is 36.3 Å². The van der Waals surface area contributed by atoms with Crippen LogP contribution in [0.1, 0.15) is 50.8 Å². The monoisotopic (exact) mass is 332 g/mol. The molecular weight excluding hydrogens is 309 g/mol. The predicted octanol–water partition coefficient (Wildman–Crippen LogP) is 3.99. The van der Waals surface area contributed by atoms with Gasteiger partial charge < -0.3 is 14.6 Å². The fourth-order valence-electron chi connectivity index (χ4n) is 2.67. The van der Waals surface area contributed by atoms with E-state index in [-0.39, 0.29) is 19.3 Å². The van der Waals surface area contributed by atoms with Crippen LogP contribution in [-0.4, -0.2) is 29.5 Å². The highest BCUT2D eigenvalue weighted by molar-refractivity contribution is 5.31. The molecular formula is C17H23F3O3. The number of halogens is 3. The first-order valence-corrected chi connectivity index (χ1v) is 7.69. The number of ether oxygens (including phenoxy) is 2. The van der Waals surface area contributed by atoms with Crippen LogP contribution in [-0.2, 0) is 15.9 Å². The highest BCUT2D eigenvalue weighted by atomic mass is 19.3. The highest BCUT2D eigenvalue weighted by Gasteiger charge is 2.37. The van der Waals surface area contributed by atoms with Crippen molar-refractivity contribution in [2.75, 3.05) is 6.61 Å². The van der Waals surface area contributed by atoms with Gasteiger partial charge in [-0.1, -0.05) is 6.07 Å². The maximum Gasteiger partial charge on any atom is 0.271 e. The lowest BCUT2D eigenvalue weighted by Crippen LogP contribution is -2.32. The number of rotatable bonds is 4. The van der Waals surface area contributed by atoms with Gasteiger partial charge in [-0.3, -0.25) is 0 Å².